The minimum absolute atomic E-state index is 0. The number of likely N-dealkylation sites (tertiary alicyclic amines) is 1. The van der Waals surface area contributed by atoms with Gasteiger partial charge in [0.2, 0.25) is 5.91 Å². The van der Waals surface area contributed by atoms with Crippen LogP contribution < -0.4 is 5.32 Å². The number of hydrogen-bond donors (Lipinski definition) is 1. The Labute approximate surface area is 155 Å². The number of hydrogen-bond acceptors (Lipinski definition) is 3. The van der Waals surface area contributed by atoms with Crippen LogP contribution >= 0.6 is 0 Å². The van der Waals surface area contributed by atoms with Crippen LogP contribution in [0.1, 0.15) is 80.5 Å². The Morgan fingerprint density at radius 1 is 1.08 bits per heavy atom. The molecule has 1 heterocycles. The lowest BCUT2D eigenvalue weighted by atomic mass is 9.65. The van der Waals surface area contributed by atoms with E-state index in [1.165, 1.54) is 38.8 Å². The van der Waals surface area contributed by atoms with Crippen molar-refractivity contribution in [3.63, 3.8) is 0 Å². The van der Waals surface area contributed by atoms with Gasteiger partial charge in [0.25, 0.3) is 0 Å². The number of amides is 1. The standard InChI is InChI=1S/C21H38N2O2.H2/c1-16(2)19(24)6-5-13-23-14-11-21(12-15-23)9-7-18(8-10-21)20(25)22-17(3)4;/h16-18H,5-15H2,1-4H3,(H,22,25);1H. The zero-order valence-corrected chi connectivity index (χ0v) is 16.8. The van der Waals surface area contributed by atoms with E-state index >= 15 is 0 Å². The van der Waals surface area contributed by atoms with Crippen molar-refractivity contribution in [3.05, 3.63) is 0 Å². The van der Waals surface area contributed by atoms with E-state index in [0.717, 1.165) is 32.2 Å². The molecule has 0 unspecified atom stereocenters. The molecule has 25 heavy (non-hydrogen) atoms. The third kappa shape index (κ3) is 6.09. The van der Waals surface area contributed by atoms with Crippen LogP contribution in [0, 0.1) is 17.3 Å². The maximum atomic E-state index is 12.2. The second-order valence-electron chi connectivity index (χ2n) is 9.00. The van der Waals surface area contributed by atoms with Crippen molar-refractivity contribution in [3.8, 4) is 0 Å². The first-order valence-electron chi connectivity index (χ1n) is 10.4. The number of carbonyl (C=O) groups excluding carboxylic acids is 2. The van der Waals surface area contributed by atoms with Crippen molar-refractivity contribution in [2.45, 2.75) is 85.1 Å². The first-order valence-corrected chi connectivity index (χ1v) is 10.4. The number of rotatable bonds is 7. The largest absolute Gasteiger partial charge is 0.354 e. The highest BCUT2D eigenvalue weighted by atomic mass is 16.2. The molecule has 1 aliphatic heterocycles. The molecular weight excluding hydrogens is 312 g/mol. The third-order valence-electron chi connectivity index (χ3n) is 6.31. The maximum Gasteiger partial charge on any atom is 0.223 e. The van der Waals surface area contributed by atoms with Crippen molar-refractivity contribution >= 4 is 11.7 Å². The average molecular weight is 353 g/mol. The minimum Gasteiger partial charge on any atom is -0.354 e. The Morgan fingerprint density at radius 2 is 1.68 bits per heavy atom. The van der Waals surface area contributed by atoms with Crippen LogP contribution in [0.4, 0.5) is 0 Å². The van der Waals surface area contributed by atoms with Crippen LogP contribution in [0.2, 0.25) is 0 Å². The summed E-state index contributed by atoms with van der Waals surface area (Å²) in [5.41, 5.74) is 0.485. The van der Waals surface area contributed by atoms with Gasteiger partial charge in [-0.25, -0.2) is 0 Å². The number of Topliss-reactive ketones (excluding diaryl/α,β-unsaturated/α-hetero) is 1. The summed E-state index contributed by atoms with van der Waals surface area (Å²) in [6, 6.07) is 0.245. The molecule has 146 valence electrons. The predicted molar refractivity (Wildman–Crippen MR) is 105 cm³/mol. The van der Waals surface area contributed by atoms with E-state index in [1.54, 1.807) is 0 Å². The van der Waals surface area contributed by atoms with Gasteiger partial charge in [0.15, 0.2) is 0 Å². The lowest BCUT2D eigenvalue weighted by Gasteiger charge is -2.45. The van der Waals surface area contributed by atoms with Gasteiger partial charge in [-0.2, -0.15) is 0 Å². The normalized spacial score (nSPS) is 21.8. The molecule has 1 aliphatic carbocycles. The van der Waals surface area contributed by atoms with E-state index < -0.39 is 0 Å². The molecule has 0 aromatic carbocycles. The number of ketones is 1. The van der Waals surface area contributed by atoms with Gasteiger partial charge in [-0.05, 0) is 83.8 Å². The molecule has 0 bridgehead atoms. The lowest BCUT2D eigenvalue weighted by molar-refractivity contribution is -0.127. The molecule has 2 aliphatic rings. The van der Waals surface area contributed by atoms with E-state index in [9.17, 15) is 9.59 Å². The van der Waals surface area contributed by atoms with E-state index in [-0.39, 0.29) is 25.2 Å². The fraction of sp³-hybridized carbons (Fsp3) is 0.905. The summed E-state index contributed by atoms with van der Waals surface area (Å²) in [5.74, 6) is 1.06. The smallest absolute Gasteiger partial charge is 0.223 e. The van der Waals surface area contributed by atoms with Gasteiger partial charge in [-0.15, -0.1) is 0 Å². The zero-order valence-electron chi connectivity index (χ0n) is 16.8. The highest BCUT2D eigenvalue weighted by molar-refractivity contribution is 5.80. The first-order chi connectivity index (χ1) is 11.8. The van der Waals surface area contributed by atoms with E-state index in [2.05, 4.69) is 10.2 Å². The van der Waals surface area contributed by atoms with Crippen molar-refractivity contribution < 1.29 is 11.0 Å². The quantitative estimate of drug-likeness (QED) is 0.752. The number of nitrogens with one attached hydrogen (secondary N) is 1. The van der Waals surface area contributed by atoms with Gasteiger partial charge < -0.3 is 10.2 Å². The monoisotopic (exact) mass is 352 g/mol. The fourth-order valence-electron chi connectivity index (χ4n) is 4.41. The molecule has 1 spiro atoms. The van der Waals surface area contributed by atoms with Crippen LogP contribution in [0.5, 0.6) is 0 Å². The summed E-state index contributed by atoms with van der Waals surface area (Å²) >= 11 is 0. The molecular formula is C21H40N2O2. The Hall–Kier alpha value is -0.900. The van der Waals surface area contributed by atoms with E-state index in [1.807, 2.05) is 27.7 Å². The van der Waals surface area contributed by atoms with Crippen LogP contribution in [0.25, 0.3) is 0 Å². The number of piperidine rings is 1. The highest BCUT2D eigenvalue weighted by Gasteiger charge is 2.39. The summed E-state index contributed by atoms with van der Waals surface area (Å²) in [7, 11) is 0. The molecule has 0 aromatic heterocycles. The highest BCUT2D eigenvalue weighted by Crippen LogP contribution is 2.46. The molecule has 0 aromatic rings. The van der Waals surface area contributed by atoms with Crippen LogP contribution in [-0.2, 0) is 9.59 Å². The molecule has 4 nitrogen and oxygen atoms in total. The molecule has 0 radical (unpaired) electrons. The Morgan fingerprint density at radius 3 is 2.20 bits per heavy atom. The van der Waals surface area contributed by atoms with Gasteiger partial charge >= 0.3 is 0 Å². The van der Waals surface area contributed by atoms with Crippen molar-refractivity contribution in [1.82, 2.24) is 10.2 Å². The van der Waals surface area contributed by atoms with Crippen LogP contribution in [0.15, 0.2) is 0 Å². The molecule has 1 saturated carbocycles. The van der Waals surface area contributed by atoms with Gasteiger partial charge in [-0.1, -0.05) is 13.8 Å². The molecule has 1 saturated heterocycles. The third-order valence-corrected chi connectivity index (χ3v) is 6.31. The summed E-state index contributed by atoms with van der Waals surface area (Å²) < 4.78 is 0. The SMILES string of the molecule is CC(C)NC(=O)C1CCC2(CC1)CCN(CCCC(=O)C(C)C)CC2.[HH]. The summed E-state index contributed by atoms with van der Waals surface area (Å²) in [6.07, 6.45) is 8.80. The maximum absolute atomic E-state index is 12.2. The second-order valence-corrected chi connectivity index (χ2v) is 9.00. The summed E-state index contributed by atoms with van der Waals surface area (Å²) in [4.78, 5) is 26.5. The van der Waals surface area contributed by atoms with Gasteiger partial charge in [0.05, 0.1) is 0 Å². The molecule has 4 heteroatoms. The average Bonchev–Trinajstić information content (AvgIpc) is 2.56. The predicted octanol–water partition coefficient (Wildman–Crippen LogP) is 4.03. The number of carbonyl (C=O) groups is 2. The summed E-state index contributed by atoms with van der Waals surface area (Å²) in [6.45, 7) is 11.4. The lowest BCUT2D eigenvalue weighted by Crippen LogP contribution is -2.44. The van der Waals surface area contributed by atoms with Crippen molar-refractivity contribution in [2.75, 3.05) is 19.6 Å². The molecule has 1 amide bonds. The first kappa shape index (κ1) is 20.4. The Balaban J connectivity index is 0.00000338. The van der Waals surface area contributed by atoms with Crippen molar-refractivity contribution in [1.29, 1.82) is 0 Å². The zero-order chi connectivity index (χ0) is 18.4. The summed E-state index contributed by atoms with van der Waals surface area (Å²) in [5, 5.41) is 3.08. The van der Waals surface area contributed by atoms with Gasteiger partial charge in [-0.3, -0.25) is 9.59 Å². The van der Waals surface area contributed by atoms with Crippen LogP contribution in [-0.4, -0.2) is 42.3 Å². The Kier molecular flexibility index (Phi) is 7.48. The van der Waals surface area contributed by atoms with E-state index in [4.69, 9.17) is 0 Å². The second kappa shape index (κ2) is 9.16. The molecule has 2 rings (SSSR count). The fourth-order valence-corrected chi connectivity index (χ4v) is 4.41. The molecule has 1 N–H and O–H groups in total. The Bertz CT molecular complexity index is 447. The van der Waals surface area contributed by atoms with Gasteiger partial charge in [0.1, 0.15) is 5.78 Å². The van der Waals surface area contributed by atoms with E-state index in [0.29, 0.717) is 11.2 Å². The molecule has 2 fully saturated rings. The van der Waals surface area contributed by atoms with Gasteiger partial charge in [0, 0.05) is 25.7 Å². The van der Waals surface area contributed by atoms with Crippen LogP contribution in [0.3, 0.4) is 0 Å². The minimum atomic E-state index is 0. The number of nitrogens with zero attached hydrogens (tertiary/aromatic N) is 1. The topological polar surface area (TPSA) is 49.4 Å². The molecule has 0 atom stereocenters. The van der Waals surface area contributed by atoms with Crippen molar-refractivity contribution in [2.24, 2.45) is 17.3 Å².